The number of aromatic nitrogens is 3. The molecular formula is C16H16Cl2N4O. The smallest absolute Gasteiger partial charge is 0.225 e. The summed E-state index contributed by atoms with van der Waals surface area (Å²) >= 11 is 12.1. The standard InChI is InChI=1S/C16H16Cl2N4O/c17-11-3-2-9(6-12(11)18)22-15(10-8-16(10)4-1-5-16)20-14(21-22)7-13(19)23/h2-3,6,10H,1,4-5,7-8H2,(H2,19,23). The Kier molecular flexibility index (Phi) is 3.39. The number of primary amides is 1. The molecule has 5 nitrogen and oxygen atoms in total. The highest BCUT2D eigenvalue weighted by molar-refractivity contribution is 6.42. The number of amides is 1. The molecule has 0 saturated heterocycles. The van der Waals surface area contributed by atoms with Gasteiger partial charge in [-0.2, -0.15) is 5.10 Å². The first-order chi connectivity index (χ1) is 11.0. The first-order valence-corrected chi connectivity index (χ1v) is 8.44. The van der Waals surface area contributed by atoms with Crippen LogP contribution in [0, 0.1) is 5.41 Å². The van der Waals surface area contributed by atoms with Crippen LogP contribution >= 0.6 is 23.2 Å². The Hall–Kier alpha value is -1.59. The summed E-state index contributed by atoms with van der Waals surface area (Å²) in [5.41, 5.74) is 6.49. The molecule has 0 aliphatic heterocycles. The van der Waals surface area contributed by atoms with E-state index in [1.54, 1.807) is 16.8 Å². The molecule has 1 unspecified atom stereocenters. The van der Waals surface area contributed by atoms with Crippen LogP contribution in [0.2, 0.25) is 10.0 Å². The summed E-state index contributed by atoms with van der Waals surface area (Å²) in [5.74, 6) is 1.33. The van der Waals surface area contributed by atoms with Crippen LogP contribution in [0.15, 0.2) is 18.2 Å². The average molecular weight is 351 g/mol. The molecular weight excluding hydrogens is 335 g/mol. The molecule has 1 aromatic heterocycles. The number of hydrogen-bond acceptors (Lipinski definition) is 3. The van der Waals surface area contributed by atoms with Crippen LogP contribution in [0.5, 0.6) is 0 Å². The van der Waals surface area contributed by atoms with Crippen molar-refractivity contribution in [2.24, 2.45) is 11.1 Å². The molecule has 2 aliphatic rings. The molecule has 2 aromatic rings. The molecule has 4 rings (SSSR count). The maximum Gasteiger partial charge on any atom is 0.225 e. The van der Waals surface area contributed by atoms with Crippen LogP contribution in [-0.2, 0) is 11.2 Å². The number of carbonyl (C=O) groups is 1. The summed E-state index contributed by atoms with van der Waals surface area (Å²) < 4.78 is 1.79. The summed E-state index contributed by atoms with van der Waals surface area (Å²) in [6.45, 7) is 0. The van der Waals surface area contributed by atoms with E-state index in [-0.39, 0.29) is 6.42 Å². The van der Waals surface area contributed by atoms with Crippen LogP contribution in [-0.4, -0.2) is 20.7 Å². The molecule has 2 fully saturated rings. The van der Waals surface area contributed by atoms with E-state index in [9.17, 15) is 4.79 Å². The van der Waals surface area contributed by atoms with Crippen LogP contribution in [0.1, 0.15) is 43.3 Å². The van der Waals surface area contributed by atoms with Gasteiger partial charge >= 0.3 is 0 Å². The van der Waals surface area contributed by atoms with Crippen molar-refractivity contribution in [3.05, 3.63) is 39.9 Å². The fourth-order valence-corrected chi connectivity index (χ4v) is 3.82. The summed E-state index contributed by atoms with van der Waals surface area (Å²) in [4.78, 5) is 15.8. The molecule has 1 amide bonds. The van der Waals surface area contributed by atoms with E-state index in [4.69, 9.17) is 28.9 Å². The van der Waals surface area contributed by atoms with E-state index >= 15 is 0 Å². The SMILES string of the molecule is NC(=O)Cc1nc(C2CC23CCC3)n(-c2ccc(Cl)c(Cl)c2)n1. The van der Waals surface area contributed by atoms with Gasteiger partial charge in [0.25, 0.3) is 0 Å². The molecule has 2 saturated carbocycles. The second-order valence-corrected chi connectivity index (χ2v) is 7.33. The Balaban J connectivity index is 1.75. The average Bonchev–Trinajstić information content (AvgIpc) is 3.10. The number of halogens is 2. The van der Waals surface area contributed by atoms with Gasteiger partial charge in [0.05, 0.1) is 22.2 Å². The third-order valence-electron chi connectivity index (χ3n) is 5.01. The minimum absolute atomic E-state index is 0.0427. The predicted octanol–water partition coefficient (Wildman–Crippen LogP) is 3.26. The van der Waals surface area contributed by atoms with Crippen molar-refractivity contribution in [3.8, 4) is 5.69 Å². The van der Waals surface area contributed by atoms with Crippen molar-refractivity contribution in [2.45, 2.75) is 38.0 Å². The zero-order valence-electron chi connectivity index (χ0n) is 12.4. The minimum Gasteiger partial charge on any atom is -0.369 e. The van der Waals surface area contributed by atoms with Gasteiger partial charge in [0.2, 0.25) is 5.91 Å². The van der Waals surface area contributed by atoms with Crippen LogP contribution in [0.25, 0.3) is 5.69 Å². The van der Waals surface area contributed by atoms with Crippen molar-refractivity contribution in [1.82, 2.24) is 14.8 Å². The second-order valence-electron chi connectivity index (χ2n) is 6.51. The lowest BCUT2D eigenvalue weighted by Gasteiger charge is -2.26. The van der Waals surface area contributed by atoms with E-state index in [1.807, 2.05) is 6.07 Å². The Labute approximate surface area is 143 Å². The fraction of sp³-hybridized carbons (Fsp3) is 0.438. The first kappa shape index (κ1) is 15.0. The van der Waals surface area contributed by atoms with Gasteiger partial charge in [0.1, 0.15) is 5.82 Å². The van der Waals surface area contributed by atoms with E-state index in [0.29, 0.717) is 27.2 Å². The number of hydrogen-bond donors (Lipinski definition) is 1. The molecule has 2 aliphatic carbocycles. The fourth-order valence-electron chi connectivity index (χ4n) is 3.53. The van der Waals surface area contributed by atoms with Gasteiger partial charge in [-0.15, -0.1) is 0 Å². The van der Waals surface area contributed by atoms with Gasteiger partial charge in [-0.1, -0.05) is 29.6 Å². The van der Waals surface area contributed by atoms with E-state index in [2.05, 4.69) is 10.1 Å². The monoisotopic (exact) mass is 350 g/mol. The number of carbonyl (C=O) groups excluding carboxylic acids is 1. The van der Waals surface area contributed by atoms with Crippen LogP contribution in [0.4, 0.5) is 0 Å². The van der Waals surface area contributed by atoms with Gasteiger partial charge in [-0.05, 0) is 42.9 Å². The largest absolute Gasteiger partial charge is 0.369 e. The van der Waals surface area contributed by atoms with Crippen LogP contribution in [0.3, 0.4) is 0 Å². The van der Waals surface area contributed by atoms with Gasteiger partial charge < -0.3 is 5.73 Å². The van der Waals surface area contributed by atoms with E-state index in [0.717, 1.165) is 17.9 Å². The maximum absolute atomic E-state index is 11.2. The molecule has 1 atom stereocenters. The molecule has 2 N–H and O–H groups in total. The number of nitrogens with zero attached hydrogens (tertiary/aromatic N) is 3. The van der Waals surface area contributed by atoms with Crippen molar-refractivity contribution in [3.63, 3.8) is 0 Å². The highest BCUT2D eigenvalue weighted by Crippen LogP contribution is 2.69. The summed E-state index contributed by atoms with van der Waals surface area (Å²) in [5, 5.41) is 5.44. The lowest BCUT2D eigenvalue weighted by atomic mass is 9.79. The van der Waals surface area contributed by atoms with E-state index < -0.39 is 5.91 Å². The lowest BCUT2D eigenvalue weighted by Crippen LogP contribution is -2.16. The third-order valence-corrected chi connectivity index (χ3v) is 5.75. The molecule has 120 valence electrons. The molecule has 1 aromatic carbocycles. The van der Waals surface area contributed by atoms with Gasteiger partial charge in [0.15, 0.2) is 5.82 Å². The van der Waals surface area contributed by atoms with Crippen molar-refractivity contribution in [2.75, 3.05) is 0 Å². The van der Waals surface area contributed by atoms with Crippen molar-refractivity contribution in [1.29, 1.82) is 0 Å². The Morgan fingerprint density at radius 1 is 1.35 bits per heavy atom. The van der Waals surface area contributed by atoms with Crippen molar-refractivity contribution >= 4 is 29.1 Å². The number of nitrogens with two attached hydrogens (primary N) is 1. The quantitative estimate of drug-likeness (QED) is 0.919. The Morgan fingerprint density at radius 3 is 2.70 bits per heavy atom. The molecule has 1 spiro atoms. The van der Waals surface area contributed by atoms with Gasteiger partial charge in [0, 0.05) is 5.92 Å². The first-order valence-electron chi connectivity index (χ1n) is 7.68. The lowest BCUT2D eigenvalue weighted by molar-refractivity contribution is -0.117. The minimum atomic E-state index is -0.433. The van der Waals surface area contributed by atoms with Crippen molar-refractivity contribution < 1.29 is 4.79 Å². The molecule has 23 heavy (non-hydrogen) atoms. The Bertz CT molecular complexity index is 797. The molecule has 0 radical (unpaired) electrons. The predicted molar refractivity (Wildman–Crippen MR) is 87.9 cm³/mol. The maximum atomic E-state index is 11.2. The summed E-state index contributed by atoms with van der Waals surface area (Å²) in [7, 11) is 0. The normalized spacial score (nSPS) is 21.2. The summed E-state index contributed by atoms with van der Waals surface area (Å²) in [6.07, 6.45) is 4.96. The Morgan fingerprint density at radius 2 is 2.13 bits per heavy atom. The summed E-state index contributed by atoms with van der Waals surface area (Å²) in [6, 6.07) is 5.37. The van der Waals surface area contributed by atoms with Gasteiger partial charge in [-0.3, -0.25) is 4.79 Å². The van der Waals surface area contributed by atoms with Gasteiger partial charge in [-0.25, -0.2) is 9.67 Å². The number of benzene rings is 1. The second kappa shape index (κ2) is 5.21. The van der Waals surface area contributed by atoms with Crippen LogP contribution < -0.4 is 5.73 Å². The highest BCUT2D eigenvalue weighted by Gasteiger charge is 2.60. The zero-order valence-corrected chi connectivity index (χ0v) is 13.9. The molecule has 1 heterocycles. The van der Waals surface area contributed by atoms with E-state index in [1.165, 1.54) is 19.3 Å². The zero-order chi connectivity index (χ0) is 16.2. The third kappa shape index (κ3) is 2.52. The topological polar surface area (TPSA) is 73.8 Å². The molecule has 0 bridgehead atoms. The molecule has 7 heteroatoms. The number of rotatable bonds is 4. The highest BCUT2D eigenvalue weighted by atomic mass is 35.5.